The number of allylic oxidation sites excluding steroid dienone is 3. The maximum Gasteiger partial charge on any atom is 0.143 e. The standard InChI is InChI=1S/C21H28FN3OS.C3H8.C2H4O.C2H2.CH3F/c1-15(8-4-5-9-16(2)22)20-24-25(3)21(27-20)17(12-13-23)14-26-19-11-7-6-10-18(19)21;1-3-2;1-2-3;2*1-2/h5-11,16-17H,4,12-14,23H2,1-3H3;3H2,1-2H3;2H,1H3;1-2H;1H3/b9-5?,15-8+;;;;. The van der Waals surface area contributed by atoms with Gasteiger partial charge in [-0.3, -0.25) is 9.40 Å². The zero-order valence-electron chi connectivity index (χ0n) is 23.4. The van der Waals surface area contributed by atoms with Gasteiger partial charge in [-0.05, 0) is 51.8 Å². The van der Waals surface area contributed by atoms with Gasteiger partial charge in [0, 0.05) is 18.5 Å². The maximum absolute atomic E-state index is 12.9. The summed E-state index contributed by atoms with van der Waals surface area (Å²) in [6.45, 7) is 10.5. The first-order valence-electron chi connectivity index (χ1n) is 12.3. The first-order valence-corrected chi connectivity index (χ1v) is 13.2. The van der Waals surface area contributed by atoms with E-state index in [1.165, 1.54) is 20.3 Å². The number of hydrogen-bond donors (Lipinski definition) is 1. The number of nitrogens with zero attached hydrogens (tertiary/aromatic N) is 2. The van der Waals surface area contributed by atoms with Crippen molar-refractivity contribution < 1.29 is 18.3 Å². The summed E-state index contributed by atoms with van der Waals surface area (Å²) >= 11 is 1.78. The van der Waals surface area contributed by atoms with Gasteiger partial charge in [0.05, 0.1) is 13.8 Å². The Labute approximate surface area is 227 Å². The third-order valence-corrected chi connectivity index (χ3v) is 6.78. The quantitative estimate of drug-likeness (QED) is 0.243. The molecule has 3 rings (SSSR count). The van der Waals surface area contributed by atoms with E-state index in [1.807, 2.05) is 31.3 Å². The van der Waals surface area contributed by atoms with E-state index in [-0.39, 0.29) is 10.8 Å². The third kappa shape index (κ3) is 11.1. The second-order valence-corrected chi connectivity index (χ2v) is 9.19. The highest BCUT2D eigenvalue weighted by Crippen LogP contribution is 2.56. The van der Waals surface area contributed by atoms with Crippen LogP contribution < -0.4 is 10.5 Å². The molecule has 1 spiro atoms. The Balaban J connectivity index is 0. The lowest BCUT2D eigenvalue weighted by atomic mass is 9.87. The van der Waals surface area contributed by atoms with Gasteiger partial charge in [-0.25, -0.2) is 4.39 Å². The SMILES string of the molecule is C#C.C/C(=C\CC=CC(C)F)C1=NN(C)C2(S1)c1ccccc1OCC2CCN.CC=O.CCC.CF. The molecule has 2 N–H and O–H groups in total. The van der Waals surface area contributed by atoms with Crippen molar-refractivity contribution in [3.8, 4) is 18.6 Å². The third-order valence-electron chi connectivity index (χ3n) is 5.05. The molecule has 2 heterocycles. The van der Waals surface area contributed by atoms with Crippen molar-refractivity contribution in [2.24, 2.45) is 16.8 Å². The molecule has 8 heteroatoms. The van der Waals surface area contributed by atoms with Crippen LogP contribution in [0.1, 0.15) is 59.4 Å². The predicted octanol–water partition coefficient (Wildman–Crippen LogP) is 6.90. The fraction of sp³-hybridized carbons (Fsp3) is 0.517. The number of carbonyl (C=O) groups excluding carboxylic acids is 1. The molecule has 5 nitrogen and oxygen atoms in total. The summed E-state index contributed by atoms with van der Waals surface area (Å²) in [4.78, 5) is 8.50. The van der Waals surface area contributed by atoms with Crippen molar-refractivity contribution in [1.29, 1.82) is 0 Å². The highest BCUT2D eigenvalue weighted by molar-refractivity contribution is 8.15. The molecule has 1 aromatic rings. The molecule has 1 aromatic carbocycles. The van der Waals surface area contributed by atoms with E-state index in [0.717, 1.165) is 34.6 Å². The highest BCUT2D eigenvalue weighted by Gasteiger charge is 2.53. The number of alkyl halides is 2. The van der Waals surface area contributed by atoms with Gasteiger partial charge in [0.15, 0.2) is 0 Å². The molecule has 0 aliphatic carbocycles. The van der Waals surface area contributed by atoms with Gasteiger partial charge in [-0.2, -0.15) is 5.10 Å². The number of carbonyl (C=O) groups is 1. The summed E-state index contributed by atoms with van der Waals surface area (Å²) in [6, 6.07) is 8.20. The molecule has 0 fully saturated rings. The van der Waals surface area contributed by atoms with Crippen molar-refractivity contribution in [2.75, 3.05) is 27.4 Å². The van der Waals surface area contributed by atoms with Gasteiger partial charge in [0.25, 0.3) is 0 Å². The summed E-state index contributed by atoms with van der Waals surface area (Å²) < 4.78 is 28.4. The largest absolute Gasteiger partial charge is 0.493 e. The number of benzene rings is 1. The average Bonchev–Trinajstić information content (AvgIpc) is 3.24. The molecule has 3 unspecified atom stereocenters. The Bertz CT molecular complexity index is 872. The van der Waals surface area contributed by atoms with Crippen LogP contribution in [-0.2, 0) is 9.67 Å². The van der Waals surface area contributed by atoms with Gasteiger partial charge in [-0.15, -0.1) is 12.8 Å². The number of aldehydes is 1. The molecular formula is C29H45F2N3O2S. The number of ether oxygens (including phenoxy) is 1. The first-order chi connectivity index (χ1) is 17.8. The highest BCUT2D eigenvalue weighted by atomic mass is 32.2. The van der Waals surface area contributed by atoms with Crippen molar-refractivity contribution in [3.63, 3.8) is 0 Å². The van der Waals surface area contributed by atoms with E-state index < -0.39 is 6.17 Å². The number of fused-ring (bicyclic) bond motifs is 2. The van der Waals surface area contributed by atoms with Gasteiger partial charge in [0.2, 0.25) is 0 Å². The van der Waals surface area contributed by atoms with E-state index in [0.29, 0.717) is 26.7 Å². The van der Waals surface area contributed by atoms with Crippen molar-refractivity contribution in [1.82, 2.24) is 5.01 Å². The van der Waals surface area contributed by atoms with Crippen LogP contribution in [0.2, 0.25) is 0 Å². The van der Waals surface area contributed by atoms with E-state index in [2.05, 4.69) is 50.8 Å². The molecule has 0 aromatic heterocycles. The number of terminal acetylenes is 1. The molecule has 3 atom stereocenters. The van der Waals surface area contributed by atoms with Gasteiger partial charge in [-0.1, -0.05) is 68.5 Å². The predicted molar refractivity (Wildman–Crippen MR) is 156 cm³/mol. The molecule has 0 radical (unpaired) electrons. The zero-order chi connectivity index (χ0) is 28.9. The lowest BCUT2D eigenvalue weighted by molar-refractivity contribution is -0.106. The van der Waals surface area contributed by atoms with Crippen LogP contribution in [0.25, 0.3) is 0 Å². The maximum atomic E-state index is 12.9. The number of thioether (sulfide) groups is 1. The van der Waals surface area contributed by atoms with Crippen molar-refractivity contribution in [3.05, 3.63) is 53.6 Å². The van der Waals surface area contributed by atoms with Crippen LogP contribution >= 0.6 is 11.8 Å². The summed E-state index contributed by atoms with van der Waals surface area (Å²) in [6.07, 6.45) is 16.2. The van der Waals surface area contributed by atoms with E-state index in [9.17, 15) is 8.78 Å². The monoisotopic (exact) mass is 537 g/mol. The Morgan fingerprint density at radius 3 is 2.46 bits per heavy atom. The summed E-state index contributed by atoms with van der Waals surface area (Å²) in [5.74, 6) is 1.16. The number of hydrogen-bond acceptors (Lipinski definition) is 6. The summed E-state index contributed by atoms with van der Waals surface area (Å²) in [7, 11) is 2.53. The smallest absolute Gasteiger partial charge is 0.143 e. The van der Waals surface area contributed by atoms with Gasteiger partial charge >= 0.3 is 0 Å². The second kappa shape index (κ2) is 21.5. The van der Waals surface area contributed by atoms with Crippen LogP contribution in [0.5, 0.6) is 5.75 Å². The Kier molecular flexibility index (Phi) is 21.2. The number of para-hydroxylation sites is 1. The van der Waals surface area contributed by atoms with E-state index >= 15 is 0 Å². The number of hydrazone groups is 1. The molecule has 208 valence electrons. The van der Waals surface area contributed by atoms with E-state index in [1.54, 1.807) is 17.8 Å². The molecule has 37 heavy (non-hydrogen) atoms. The summed E-state index contributed by atoms with van der Waals surface area (Å²) in [5, 5.41) is 7.93. The lowest BCUT2D eigenvalue weighted by Gasteiger charge is -2.45. The molecular weight excluding hydrogens is 492 g/mol. The fourth-order valence-corrected chi connectivity index (χ4v) is 5.18. The Morgan fingerprint density at radius 1 is 1.35 bits per heavy atom. The number of rotatable bonds is 6. The molecule has 0 saturated heterocycles. The Hall–Kier alpha value is -2.63. The van der Waals surface area contributed by atoms with Crippen LogP contribution in [0, 0.1) is 18.8 Å². The number of halogens is 2. The summed E-state index contributed by atoms with van der Waals surface area (Å²) in [5.41, 5.74) is 8.16. The van der Waals surface area contributed by atoms with Crippen LogP contribution in [0.3, 0.4) is 0 Å². The first kappa shape index (κ1) is 36.5. The average molecular weight is 538 g/mol. The molecule has 0 amide bonds. The normalized spacial score (nSPS) is 20.2. The Morgan fingerprint density at radius 2 is 1.92 bits per heavy atom. The lowest BCUT2D eigenvalue weighted by Crippen LogP contribution is -2.48. The van der Waals surface area contributed by atoms with Crippen molar-refractivity contribution in [2.45, 2.75) is 64.9 Å². The zero-order valence-corrected chi connectivity index (χ0v) is 24.2. The fourth-order valence-electron chi connectivity index (χ4n) is 3.67. The minimum atomic E-state index is -0.915. The van der Waals surface area contributed by atoms with Crippen LogP contribution in [0.4, 0.5) is 8.78 Å². The van der Waals surface area contributed by atoms with E-state index in [4.69, 9.17) is 20.4 Å². The van der Waals surface area contributed by atoms with Crippen molar-refractivity contribution >= 4 is 23.1 Å². The molecule has 0 bridgehead atoms. The minimum absolute atomic E-state index is 0.244. The molecule has 2 aliphatic rings. The molecule has 2 aliphatic heterocycles. The topological polar surface area (TPSA) is 67.9 Å². The molecule has 0 saturated carbocycles. The van der Waals surface area contributed by atoms with Gasteiger partial charge in [0.1, 0.15) is 28.1 Å². The second-order valence-electron chi connectivity index (χ2n) is 7.98. The van der Waals surface area contributed by atoms with Crippen LogP contribution in [-0.4, -0.2) is 49.9 Å². The van der Waals surface area contributed by atoms with Crippen LogP contribution in [0.15, 0.2) is 53.2 Å². The number of nitrogens with two attached hydrogens (primary N) is 1. The minimum Gasteiger partial charge on any atom is -0.493 e. The van der Waals surface area contributed by atoms with Gasteiger partial charge < -0.3 is 15.3 Å².